The van der Waals surface area contributed by atoms with Crippen LogP contribution in [0.3, 0.4) is 0 Å². The molecule has 0 unspecified atom stereocenters. The number of para-hydroxylation sites is 1. The van der Waals surface area contributed by atoms with Gasteiger partial charge in [0.25, 0.3) is 5.91 Å². The van der Waals surface area contributed by atoms with Crippen molar-refractivity contribution in [3.63, 3.8) is 0 Å². The lowest BCUT2D eigenvalue weighted by molar-refractivity contribution is -0.143. The highest BCUT2D eigenvalue weighted by Crippen LogP contribution is 2.31. The number of benzene rings is 2. The number of alkyl halides is 1. The molecular formula is C27H32FN3O3. The maximum atomic E-state index is 14.4. The summed E-state index contributed by atoms with van der Waals surface area (Å²) in [6, 6.07) is 15.9. The summed E-state index contributed by atoms with van der Waals surface area (Å²) in [7, 11) is 0. The fourth-order valence-corrected chi connectivity index (χ4v) is 5.40. The van der Waals surface area contributed by atoms with E-state index in [1.54, 1.807) is 17.6 Å². The largest absolute Gasteiger partial charge is 0.375 e. The van der Waals surface area contributed by atoms with E-state index in [4.69, 9.17) is 9.94 Å². The summed E-state index contributed by atoms with van der Waals surface area (Å²) in [5, 5.41) is 10.1. The summed E-state index contributed by atoms with van der Waals surface area (Å²) in [6.07, 6.45) is 2.93. The van der Waals surface area contributed by atoms with Gasteiger partial charge in [0.05, 0.1) is 13.2 Å². The molecule has 0 spiro atoms. The number of piperidine rings is 1. The van der Waals surface area contributed by atoms with Crippen molar-refractivity contribution >= 4 is 16.8 Å². The van der Waals surface area contributed by atoms with E-state index in [1.807, 2.05) is 12.1 Å². The molecule has 0 atom stereocenters. The second-order valence-corrected chi connectivity index (χ2v) is 9.87. The molecule has 34 heavy (non-hydrogen) atoms. The third-order valence-electron chi connectivity index (χ3n) is 7.44. The molecule has 0 aliphatic carbocycles. The number of amides is 1. The molecule has 1 amide bonds. The molecule has 0 radical (unpaired) electrons. The number of rotatable bonds is 7. The van der Waals surface area contributed by atoms with Crippen molar-refractivity contribution in [2.75, 3.05) is 32.8 Å². The minimum atomic E-state index is -1.14. The first-order chi connectivity index (χ1) is 16.5. The van der Waals surface area contributed by atoms with E-state index in [9.17, 15) is 9.18 Å². The lowest BCUT2D eigenvalue weighted by atomic mass is 9.94. The van der Waals surface area contributed by atoms with Crippen molar-refractivity contribution < 1.29 is 19.1 Å². The quantitative estimate of drug-likeness (QED) is 0.407. The molecule has 2 fully saturated rings. The molecule has 0 saturated carbocycles. The zero-order chi connectivity index (χ0) is 23.7. The van der Waals surface area contributed by atoms with Crippen LogP contribution in [0.25, 0.3) is 10.9 Å². The van der Waals surface area contributed by atoms with Crippen LogP contribution in [0.2, 0.25) is 0 Å². The van der Waals surface area contributed by atoms with Crippen LogP contribution in [0.1, 0.15) is 40.0 Å². The summed E-state index contributed by atoms with van der Waals surface area (Å²) in [5.41, 5.74) is 5.91. The number of fused-ring (bicyclic) bond motifs is 1. The van der Waals surface area contributed by atoms with Crippen LogP contribution in [-0.2, 0) is 17.7 Å². The topological polar surface area (TPSA) is 66.7 Å². The number of ether oxygens (including phenoxy) is 1. The van der Waals surface area contributed by atoms with Crippen LogP contribution in [0.15, 0.2) is 48.5 Å². The Morgan fingerprint density at radius 1 is 1.15 bits per heavy atom. The van der Waals surface area contributed by atoms with Crippen molar-refractivity contribution in [2.24, 2.45) is 5.92 Å². The Bertz CT molecular complexity index is 1160. The van der Waals surface area contributed by atoms with Gasteiger partial charge in [-0.15, -0.1) is 0 Å². The van der Waals surface area contributed by atoms with Crippen LogP contribution >= 0.6 is 0 Å². The van der Waals surface area contributed by atoms with E-state index >= 15 is 0 Å². The molecular weight excluding hydrogens is 433 g/mol. The second kappa shape index (κ2) is 9.49. The maximum absolute atomic E-state index is 14.4. The summed E-state index contributed by atoms with van der Waals surface area (Å²) >= 11 is 0. The molecule has 5 rings (SSSR count). The average molecular weight is 466 g/mol. The van der Waals surface area contributed by atoms with Crippen LogP contribution < -0.4 is 5.48 Å². The van der Waals surface area contributed by atoms with E-state index < -0.39 is 11.6 Å². The number of likely N-dealkylation sites (tertiary alicyclic amines) is 1. The number of hydrogen-bond acceptors (Lipinski definition) is 4. The first-order valence-corrected chi connectivity index (χ1v) is 12.0. The van der Waals surface area contributed by atoms with Gasteiger partial charge >= 0.3 is 0 Å². The van der Waals surface area contributed by atoms with Gasteiger partial charge in [0.1, 0.15) is 0 Å². The van der Waals surface area contributed by atoms with Gasteiger partial charge in [-0.3, -0.25) is 14.9 Å². The molecule has 6 nitrogen and oxygen atoms in total. The van der Waals surface area contributed by atoms with Crippen molar-refractivity contribution in [2.45, 2.75) is 38.4 Å². The van der Waals surface area contributed by atoms with Crippen LogP contribution in [0, 0.1) is 12.8 Å². The number of carbonyl (C=O) groups excluding carboxylic acids is 1. The van der Waals surface area contributed by atoms with E-state index in [1.165, 1.54) is 22.2 Å². The van der Waals surface area contributed by atoms with E-state index in [0.29, 0.717) is 18.0 Å². The highest BCUT2D eigenvalue weighted by molar-refractivity contribution is 5.93. The lowest BCUT2D eigenvalue weighted by Crippen LogP contribution is -2.55. The van der Waals surface area contributed by atoms with Gasteiger partial charge in [0.15, 0.2) is 5.67 Å². The fourth-order valence-electron chi connectivity index (χ4n) is 5.40. The molecule has 180 valence electrons. The predicted molar refractivity (Wildman–Crippen MR) is 129 cm³/mol. The van der Waals surface area contributed by atoms with Gasteiger partial charge in [-0.05, 0) is 74.5 Å². The number of halogens is 1. The summed E-state index contributed by atoms with van der Waals surface area (Å²) in [4.78, 5) is 13.9. The maximum Gasteiger partial charge on any atom is 0.274 e. The molecule has 2 N–H and O–H groups in total. The molecule has 2 aliphatic rings. The smallest absolute Gasteiger partial charge is 0.274 e. The number of nitrogens with zero attached hydrogens (tertiary/aromatic N) is 2. The third-order valence-corrected chi connectivity index (χ3v) is 7.44. The average Bonchev–Trinajstić information content (AvgIpc) is 3.10. The minimum absolute atomic E-state index is 0.238. The number of carbonyl (C=O) groups is 1. The summed E-state index contributed by atoms with van der Waals surface area (Å²) < 4.78 is 21.9. The van der Waals surface area contributed by atoms with Gasteiger partial charge in [0.2, 0.25) is 0 Å². The number of nitrogens with one attached hydrogen (secondary N) is 1. The summed E-state index contributed by atoms with van der Waals surface area (Å²) in [6.45, 7) is 6.02. The van der Waals surface area contributed by atoms with E-state index in [-0.39, 0.29) is 13.2 Å². The Hall–Kier alpha value is -2.74. The Morgan fingerprint density at radius 2 is 1.85 bits per heavy atom. The first kappa shape index (κ1) is 23.0. The van der Waals surface area contributed by atoms with Crippen molar-refractivity contribution in [1.82, 2.24) is 14.9 Å². The Kier molecular flexibility index (Phi) is 6.42. The van der Waals surface area contributed by atoms with Crippen molar-refractivity contribution in [3.8, 4) is 0 Å². The number of aromatic nitrogens is 1. The number of hydrogen-bond donors (Lipinski definition) is 2. The Balaban J connectivity index is 1.31. The monoisotopic (exact) mass is 465 g/mol. The first-order valence-electron chi connectivity index (χ1n) is 12.0. The number of hydroxylamine groups is 1. The highest BCUT2D eigenvalue weighted by Gasteiger charge is 2.40. The molecule has 1 aromatic heterocycles. The minimum Gasteiger partial charge on any atom is -0.375 e. The van der Waals surface area contributed by atoms with Gasteiger partial charge in [-0.25, -0.2) is 9.87 Å². The Labute approximate surface area is 199 Å². The molecule has 3 heterocycles. The van der Waals surface area contributed by atoms with Gasteiger partial charge in [0, 0.05) is 35.2 Å². The standard InChI is InChI=1S/C27H32FN3O3/c1-19-24(14-20-6-8-22(9-7-20)26(32)29-33)23-4-2-3-5-25(23)31(19)15-21-10-12-30(13-11-21)16-27(28)17-34-18-27/h2-9,21,33H,10-18H2,1H3,(H,29,32). The van der Waals surface area contributed by atoms with E-state index in [2.05, 4.69) is 40.7 Å². The molecule has 2 saturated heterocycles. The molecule has 7 heteroatoms. The fraction of sp³-hybridized carbons (Fsp3) is 0.444. The van der Waals surface area contributed by atoms with Crippen molar-refractivity contribution in [3.05, 3.63) is 70.9 Å². The van der Waals surface area contributed by atoms with Gasteiger partial charge < -0.3 is 9.30 Å². The normalized spacial score (nSPS) is 18.7. The second-order valence-electron chi connectivity index (χ2n) is 9.87. The predicted octanol–water partition coefficient (Wildman–Crippen LogP) is 4.11. The Morgan fingerprint density at radius 3 is 2.50 bits per heavy atom. The van der Waals surface area contributed by atoms with Gasteiger partial charge in [-0.2, -0.15) is 0 Å². The van der Waals surface area contributed by atoms with E-state index in [0.717, 1.165) is 44.5 Å². The molecule has 2 aliphatic heterocycles. The lowest BCUT2D eigenvalue weighted by Gasteiger charge is -2.40. The third kappa shape index (κ3) is 4.60. The van der Waals surface area contributed by atoms with Crippen LogP contribution in [0.5, 0.6) is 0 Å². The molecule has 3 aromatic rings. The zero-order valence-corrected chi connectivity index (χ0v) is 19.6. The zero-order valence-electron chi connectivity index (χ0n) is 19.6. The molecule has 0 bridgehead atoms. The highest BCUT2D eigenvalue weighted by atomic mass is 19.1. The van der Waals surface area contributed by atoms with Gasteiger partial charge in [-0.1, -0.05) is 30.3 Å². The van der Waals surface area contributed by atoms with Crippen LogP contribution in [0.4, 0.5) is 4.39 Å². The van der Waals surface area contributed by atoms with Crippen LogP contribution in [-0.4, -0.2) is 59.1 Å². The van der Waals surface area contributed by atoms with Crippen molar-refractivity contribution in [1.29, 1.82) is 0 Å². The SMILES string of the molecule is Cc1c(Cc2ccc(C(=O)NO)cc2)c2ccccc2n1CC1CCN(CC2(F)COC2)CC1. The molecule has 2 aromatic carbocycles. The summed E-state index contributed by atoms with van der Waals surface area (Å²) in [5.74, 6) is 0.0659.